The molecule has 0 N–H and O–H groups in total. The zero-order valence-electron chi connectivity index (χ0n) is 18.3. The van der Waals surface area contributed by atoms with Gasteiger partial charge in [0.25, 0.3) is 0 Å². The second-order valence-electron chi connectivity index (χ2n) is 9.63. The summed E-state index contributed by atoms with van der Waals surface area (Å²) in [7, 11) is 0. The SMILES string of the molecule is CC12c3ccccc3C(C)(c3ccccc31)[C@H]1C(=O)N(c3ccc(Cl)c(C(F)(F)F)c3)C(=O)[C@H]12. The van der Waals surface area contributed by atoms with Gasteiger partial charge in [-0.15, -0.1) is 0 Å². The van der Waals surface area contributed by atoms with Crippen molar-refractivity contribution < 1.29 is 22.8 Å². The molecule has 3 nitrogen and oxygen atoms in total. The molecule has 0 aromatic heterocycles. The van der Waals surface area contributed by atoms with Gasteiger partial charge in [-0.05, 0) is 40.5 Å². The van der Waals surface area contributed by atoms with Crippen LogP contribution in [0.25, 0.3) is 0 Å². The van der Waals surface area contributed by atoms with Crippen molar-refractivity contribution in [3.63, 3.8) is 0 Å². The molecule has 0 radical (unpaired) electrons. The molecule has 7 heteroatoms. The quantitative estimate of drug-likeness (QED) is 0.394. The van der Waals surface area contributed by atoms with Gasteiger partial charge in [0.1, 0.15) is 0 Å². The number of carbonyl (C=O) groups excluding carboxylic acids is 2. The minimum absolute atomic E-state index is 0.110. The van der Waals surface area contributed by atoms with E-state index in [1.807, 2.05) is 62.4 Å². The minimum atomic E-state index is -4.71. The van der Waals surface area contributed by atoms with Crippen LogP contribution in [-0.4, -0.2) is 11.8 Å². The van der Waals surface area contributed by atoms with Crippen LogP contribution in [0.5, 0.6) is 0 Å². The number of hydrogen-bond donors (Lipinski definition) is 0. The van der Waals surface area contributed by atoms with Crippen LogP contribution in [0.15, 0.2) is 66.7 Å². The van der Waals surface area contributed by atoms with Crippen LogP contribution in [0.2, 0.25) is 5.02 Å². The molecule has 3 aliphatic carbocycles. The Morgan fingerprint density at radius 3 is 1.56 bits per heavy atom. The van der Waals surface area contributed by atoms with Crippen molar-refractivity contribution in [2.45, 2.75) is 30.9 Å². The van der Waals surface area contributed by atoms with Crippen molar-refractivity contribution in [2.24, 2.45) is 11.8 Å². The van der Waals surface area contributed by atoms with Gasteiger partial charge >= 0.3 is 6.18 Å². The molecule has 1 saturated heterocycles. The van der Waals surface area contributed by atoms with Crippen LogP contribution < -0.4 is 4.90 Å². The second-order valence-corrected chi connectivity index (χ2v) is 10.0. The zero-order chi connectivity index (χ0) is 24.2. The van der Waals surface area contributed by atoms with Gasteiger partial charge in [-0.25, -0.2) is 4.90 Å². The average molecular weight is 482 g/mol. The Balaban J connectivity index is 1.60. The van der Waals surface area contributed by atoms with E-state index in [1.54, 1.807) is 0 Å². The van der Waals surface area contributed by atoms with E-state index in [9.17, 15) is 22.8 Å². The van der Waals surface area contributed by atoms with Crippen LogP contribution >= 0.6 is 11.6 Å². The lowest BCUT2D eigenvalue weighted by Crippen LogP contribution is -2.59. The highest BCUT2D eigenvalue weighted by molar-refractivity contribution is 6.32. The van der Waals surface area contributed by atoms with Gasteiger partial charge < -0.3 is 0 Å². The maximum Gasteiger partial charge on any atom is 0.417 e. The van der Waals surface area contributed by atoms with Gasteiger partial charge in [-0.2, -0.15) is 13.2 Å². The summed E-state index contributed by atoms with van der Waals surface area (Å²) in [5.41, 5.74) is 1.14. The molecule has 2 bridgehead atoms. The summed E-state index contributed by atoms with van der Waals surface area (Å²) in [6.07, 6.45) is -4.71. The molecule has 1 aliphatic heterocycles. The summed E-state index contributed by atoms with van der Waals surface area (Å²) in [5.74, 6) is -2.44. The van der Waals surface area contributed by atoms with Crippen LogP contribution in [0.4, 0.5) is 18.9 Å². The van der Waals surface area contributed by atoms with Gasteiger partial charge in [0.15, 0.2) is 0 Å². The summed E-state index contributed by atoms with van der Waals surface area (Å²) in [4.78, 5) is 28.8. The molecule has 34 heavy (non-hydrogen) atoms. The molecular weight excluding hydrogens is 463 g/mol. The lowest BCUT2D eigenvalue weighted by Gasteiger charge is -2.57. The highest BCUT2D eigenvalue weighted by atomic mass is 35.5. The molecule has 0 spiro atoms. The van der Waals surface area contributed by atoms with E-state index in [0.29, 0.717) is 0 Å². The molecule has 1 heterocycles. The predicted molar refractivity (Wildman–Crippen MR) is 122 cm³/mol. The fourth-order valence-electron chi connectivity index (χ4n) is 6.69. The number of rotatable bonds is 1. The third kappa shape index (κ3) is 2.34. The van der Waals surface area contributed by atoms with Crippen LogP contribution in [-0.2, 0) is 26.6 Å². The predicted octanol–water partition coefficient (Wildman–Crippen LogP) is 6.10. The normalized spacial score (nSPS) is 29.2. The standard InChI is InChI=1S/C27H19ClF3NO2/c1-25-15-7-3-5-9-17(15)26(2,18-10-6-4-8-16(18)25)22-21(25)23(33)32(24(22)34)14-11-12-20(28)19(13-14)27(29,30)31/h3-13,21-22H,1-2H3/t21-,22+,25?,26?. The fourth-order valence-corrected chi connectivity index (χ4v) is 6.92. The summed E-state index contributed by atoms with van der Waals surface area (Å²) >= 11 is 5.80. The first-order valence-corrected chi connectivity index (χ1v) is 11.3. The van der Waals surface area contributed by atoms with Gasteiger partial charge in [0, 0.05) is 10.8 Å². The lowest BCUT2D eigenvalue weighted by molar-refractivity contribution is -0.137. The third-order valence-corrected chi connectivity index (χ3v) is 8.49. The number of amides is 2. The number of imide groups is 1. The van der Waals surface area contributed by atoms with E-state index in [4.69, 9.17) is 11.6 Å². The summed E-state index contributed by atoms with van der Waals surface area (Å²) < 4.78 is 40.6. The molecule has 2 atom stereocenters. The van der Waals surface area contributed by atoms with Crippen LogP contribution in [0, 0.1) is 11.8 Å². The number of nitrogens with zero attached hydrogens (tertiary/aromatic N) is 1. The van der Waals surface area contributed by atoms with Crippen molar-refractivity contribution in [3.05, 3.63) is 99.6 Å². The molecule has 3 aromatic rings. The number of anilines is 1. The van der Waals surface area contributed by atoms with Crippen LogP contribution in [0.1, 0.15) is 41.7 Å². The maximum atomic E-state index is 13.9. The molecule has 172 valence electrons. The summed E-state index contributed by atoms with van der Waals surface area (Å²) in [6.45, 7) is 3.94. The van der Waals surface area contributed by atoms with E-state index in [2.05, 4.69) is 0 Å². The zero-order valence-corrected chi connectivity index (χ0v) is 19.0. The first kappa shape index (κ1) is 21.4. The molecule has 4 aliphatic rings. The first-order chi connectivity index (χ1) is 16.0. The van der Waals surface area contributed by atoms with Gasteiger partial charge in [-0.1, -0.05) is 74.0 Å². The molecule has 2 amide bonds. The Hall–Kier alpha value is -3.12. The third-order valence-electron chi connectivity index (χ3n) is 8.16. The van der Waals surface area contributed by atoms with E-state index < -0.39 is 51.2 Å². The molecule has 1 fully saturated rings. The van der Waals surface area contributed by atoms with E-state index >= 15 is 0 Å². The van der Waals surface area contributed by atoms with Crippen molar-refractivity contribution in [1.82, 2.24) is 0 Å². The van der Waals surface area contributed by atoms with E-state index in [0.717, 1.165) is 39.3 Å². The maximum absolute atomic E-state index is 13.9. The number of benzene rings is 3. The average Bonchev–Trinajstić information content (AvgIpc) is 3.08. The van der Waals surface area contributed by atoms with Gasteiger partial charge in [0.2, 0.25) is 11.8 Å². The summed E-state index contributed by atoms with van der Waals surface area (Å²) in [6, 6.07) is 18.8. The Bertz CT molecular complexity index is 1290. The first-order valence-electron chi connectivity index (χ1n) is 11.0. The van der Waals surface area contributed by atoms with E-state index in [1.165, 1.54) is 6.07 Å². The van der Waals surface area contributed by atoms with Gasteiger partial charge in [-0.3, -0.25) is 9.59 Å². The molecule has 7 rings (SSSR count). The van der Waals surface area contributed by atoms with Crippen molar-refractivity contribution in [3.8, 4) is 0 Å². The fraction of sp³-hybridized carbons (Fsp3) is 0.259. The lowest BCUT2D eigenvalue weighted by atomic mass is 9.42. The largest absolute Gasteiger partial charge is 0.417 e. The molecule has 0 saturated carbocycles. The number of alkyl halides is 3. The summed E-state index contributed by atoms with van der Waals surface area (Å²) in [5, 5.41) is -0.480. The number of carbonyl (C=O) groups is 2. The molecule has 0 unspecified atom stereocenters. The Kier molecular flexibility index (Phi) is 4.10. The Morgan fingerprint density at radius 2 is 1.18 bits per heavy atom. The Morgan fingerprint density at radius 1 is 0.765 bits per heavy atom. The molecular formula is C27H19ClF3NO2. The number of hydrogen-bond acceptors (Lipinski definition) is 2. The van der Waals surface area contributed by atoms with Gasteiger partial charge in [0.05, 0.1) is 28.1 Å². The highest BCUT2D eigenvalue weighted by Crippen LogP contribution is 2.66. The van der Waals surface area contributed by atoms with Crippen molar-refractivity contribution in [1.29, 1.82) is 0 Å². The highest BCUT2D eigenvalue weighted by Gasteiger charge is 2.70. The van der Waals surface area contributed by atoms with Crippen molar-refractivity contribution in [2.75, 3.05) is 4.90 Å². The monoisotopic (exact) mass is 481 g/mol. The smallest absolute Gasteiger partial charge is 0.274 e. The second kappa shape index (κ2) is 6.51. The molecule has 3 aromatic carbocycles. The topological polar surface area (TPSA) is 37.4 Å². The van der Waals surface area contributed by atoms with Crippen molar-refractivity contribution >= 4 is 29.1 Å². The number of halogens is 4. The van der Waals surface area contributed by atoms with E-state index in [-0.39, 0.29) is 5.69 Å². The van der Waals surface area contributed by atoms with Crippen LogP contribution in [0.3, 0.4) is 0 Å². The Labute approximate surface area is 199 Å². The minimum Gasteiger partial charge on any atom is -0.274 e.